The molecule has 1 saturated carbocycles. The van der Waals surface area contributed by atoms with Crippen LogP contribution in [0.5, 0.6) is 0 Å². The predicted molar refractivity (Wildman–Crippen MR) is 75.4 cm³/mol. The molecule has 0 aromatic carbocycles. The first-order valence-corrected chi connectivity index (χ1v) is 7.41. The Morgan fingerprint density at radius 3 is 2.24 bits per heavy atom. The quantitative estimate of drug-likeness (QED) is 0.687. The number of carbonyl (C=O) groups is 3. The highest BCUT2D eigenvalue weighted by Gasteiger charge is 2.49. The first-order chi connectivity index (χ1) is 9.83. The SMILES string of the molecule is CC(NC(=O)N1CCC(CC(N)=O)CC1)(C(=O)O)C1CC1. The Morgan fingerprint density at radius 2 is 1.81 bits per heavy atom. The van der Waals surface area contributed by atoms with Gasteiger partial charge in [-0.2, -0.15) is 0 Å². The first kappa shape index (κ1) is 15.6. The second-order valence-electron chi connectivity index (χ2n) is 6.31. The molecule has 1 atom stereocenters. The first-order valence-electron chi connectivity index (χ1n) is 7.41. The molecule has 1 aliphatic carbocycles. The van der Waals surface area contributed by atoms with Crippen LogP contribution in [0.2, 0.25) is 0 Å². The fourth-order valence-electron chi connectivity index (χ4n) is 2.92. The normalized spacial score (nSPS) is 22.4. The van der Waals surface area contributed by atoms with E-state index < -0.39 is 11.5 Å². The number of nitrogens with one attached hydrogen (secondary N) is 1. The second kappa shape index (κ2) is 5.91. The summed E-state index contributed by atoms with van der Waals surface area (Å²) in [4.78, 5) is 36.2. The van der Waals surface area contributed by atoms with Crippen molar-refractivity contribution in [2.24, 2.45) is 17.6 Å². The molecule has 0 spiro atoms. The number of rotatable bonds is 5. The molecule has 1 saturated heterocycles. The average Bonchev–Trinajstić information content (AvgIpc) is 3.22. The Balaban J connectivity index is 1.87. The van der Waals surface area contributed by atoms with Gasteiger partial charge >= 0.3 is 12.0 Å². The topological polar surface area (TPSA) is 113 Å². The zero-order valence-corrected chi connectivity index (χ0v) is 12.3. The van der Waals surface area contributed by atoms with Crippen LogP contribution < -0.4 is 11.1 Å². The molecule has 7 nitrogen and oxygen atoms in total. The van der Waals surface area contributed by atoms with Gasteiger partial charge in [0.25, 0.3) is 0 Å². The lowest BCUT2D eigenvalue weighted by atomic mass is 9.93. The summed E-state index contributed by atoms with van der Waals surface area (Å²) in [6.45, 7) is 2.64. The Labute approximate surface area is 123 Å². The lowest BCUT2D eigenvalue weighted by Crippen LogP contribution is -2.58. The Bertz CT molecular complexity index is 442. The van der Waals surface area contributed by atoms with Crippen molar-refractivity contribution in [3.63, 3.8) is 0 Å². The summed E-state index contributed by atoms with van der Waals surface area (Å²) in [5, 5.41) is 12.0. The number of carboxylic acids is 1. The number of primary amides is 1. The van der Waals surface area contributed by atoms with Gasteiger partial charge in [-0.05, 0) is 44.4 Å². The minimum atomic E-state index is -1.18. The largest absolute Gasteiger partial charge is 0.480 e. The third kappa shape index (κ3) is 3.65. The standard InChI is InChI=1S/C14H23N3O4/c1-14(12(19)20,10-2-3-10)16-13(21)17-6-4-9(5-7-17)8-11(15)18/h9-10H,2-8H2,1H3,(H2,15,18)(H,16,21)(H,19,20). The molecular weight excluding hydrogens is 274 g/mol. The van der Waals surface area contributed by atoms with Crippen molar-refractivity contribution in [3.8, 4) is 0 Å². The molecule has 3 amide bonds. The van der Waals surface area contributed by atoms with Crippen molar-refractivity contribution in [2.75, 3.05) is 13.1 Å². The maximum atomic E-state index is 12.2. The molecule has 0 radical (unpaired) electrons. The number of nitrogens with two attached hydrogens (primary N) is 1. The minimum Gasteiger partial charge on any atom is -0.480 e. The van der Waals surface area contributed by atoms with Gasteiger partial charge in [0, 0.05) is 19.5 Å². The van der Waals surface area contributed by atoms with E-state index in [4.69, 9.17) is 5.73 Å². The number of urea groups is 1. The lowest BCUT2D eigenvalue weighted by Gasteiger charge is -2.35. The molecule has 1 unspecified atom stereocenters. The summed E-state index contributed by atoms with van der Waals surface area (Å²) < 4.78 is 0. The Kier molecular flexibility index (Phi) is 4.39. The molecule has 21 heavy (non-hydrogen) atoms. The monoisotopic (exact) mass is 297 g/mol. The molecule has 0 bridgehead atoms. The van der Waals surface area contributed by atoms with Crippen LogP contribution in [0, 0.1) is 11.8 Å². The number of hydrogen-bond acceptors (Lipinski definition) is 3. The summed E-state index contributed by atoms with van der Waals surface area (Å²) in [5.41, 5.74) is 4.00. The Hall–Kier alpha value is -1.79. The summed E-state index contributed by atoms with van der Waals surface area (Å²) in [5.74, 6) is -1.06. The molecule has 2 rings (SSSR count). The molecule has 118 valence electrons. The van der Waals surface area contributed by atoms with E-state index in [-0.39, 0.29) is 23.8 Å². The van der Waals surface area contributed by atoms with Crippen molar-refractivity contribution in [1.29, 1.82) is 0 Å². The van der Waals surface area contributed by atoms with E-state index in [2.05, 4.69) is 5.32 Å². The van der Waals surface area contributed by atoms with Crippen LogP contribution in [-0.2, 0) is 9.59 Å². The van der Waals surface area contributed by atoms with Crippen molar-refractivity contribution >= 4 is 17.9 Å². The number of carboxylic acid groups (broad SMARTS) is 1. The summed E-state index contributed by atoms with van der Waals surface area (Å²) in [6.07, 6.45) is 3.48. The number of aliphatic carboxylic acids is 1. The van der Waals surface area contributed by atoms with E-state index in [0.29, 0.717) is 19.5 Å². The van der Waals surface area contributed by atoms with Crippen LogP contribution in [-0.4, -0.2) is 46.5 Å². The van der Waals surface area contributed by atoms with Crippen LogP contribution in [0.1, 0.15) is 39.0 Å². The van der Waals surface area contributed by atoms with E-state index in [1.54, 1.807) is 11.8 Å². The van der Waals surface area contributed by atoms with Crippen LogP contribution >= 0.6 is 0 Å². The zero-order chi connectivity index (χ0) is 15.6. The van der Waals surface area contributed by atoms with Gasteiger partial charge in [-0.3, -0.25) is 4.79 Å². The molecule has 0 aromatic heterocycles. The molecule has 1 heterocycles. The third-order valence-electron chi connectivity index (χ3n) is 4.60. The number of piperidine rings is 1. The van der Waals surface area contributed by atoms with E-state index >= 15 is 0 Å². The molecule has 0 aromatic rings. The predicted octanol–water partition coefficient (Wildman–Crippen LogP) is 0.537. The third-order valence-corrected chi connectivity index (χ3v) is 4.60. The molecule has 2 fully saturated rings. The molecule has 1 aliphatic heterocycles. The van der Waals surface area contributed by atoms with Crippen LogP contribution in [0.15, 0.2) is 0 Å². The number of carbonyl (C=O) groups excluding carboxylic acids is 2. The Morgan fingerprint density at radius 1 is 1.24 bits per heavy atom. The van der Waals surface area contributed by atoms with Gasteiger partial charge in [0.1, 0.15) is 5.54 Å². The van der Waals surface area contributed by atoms with Crippen molar-refractivity contribution in [2.45, 2.75) is 44.6 Å². The highest BCUT2D eigenvalue weighted by Crippen LogP contribution is 2.39. The van der Waals surface area contributed by atoms with Gasteiger partial charge in [0.15, 0.2) is 0 Å². The smallest absolute Gasteiger partial charge is 0.329 e. The van der Waals surface area contributed by atoms with Crippen LogP contribution in [0.3, 0.4) is 0 Å². The van der Waals surface area contributed by atoms with E-state index in [1.165, 1.54) is 0 Å². The van der Waals surface area contributed by atoms with Gasteiger partial charge in [-0.25, -0.2) is 9.59 Å². The van der Waals surface area contributed by atoms with Gasteiger partial charge < -0.3 is 21.1 Å². The van der Waals surface area contributed by atoms with E-state index in [0.717, 1.165) is 25.7 Å². The maximum absolute atomic E-state index is 12.2. The van der Waals surface area contributed by atoms with Gasteiger partial charge in [0.05, 0.1) is 0 Å². The van der Waals surface area contributed by atoms with E-state index in [1.807, 2.05) is 0 Å². The molecule has 2 aliphatic rings. The summed E-state index contributed by atoms with van der Waals surface area (Å²) in [6, 6.07) is -0.329. The van der Waals surface area contributed by atoms with Crippen molar-refractivity contribution < 1.29 is 19.5 Å². The molecule has 4 N–H and O–H groups in total. The molecular formula is C14H23N3O4. The highest BCUT2D eigenvalue weighted by molar-refractivity contribution is 5.86. The lowest BCUT2D eigenvalue weighted by molar-refractivity contribution is -0.144. The van der Waals surface area contributed by atoms with Crippen LogP contribution in [0.4, 0.5) is 4.79 Å². The average molecular weight is 297 g/mol. The molecule has 7 heteroatoms. The fourth-order valence-corrected chi connectivity index (χ4v) is 2.92. The number of hydrogen-bond donors (Lipinski definition) is 3. The highest BCUT2D eigenvalue weighted by atomic mass is 16.4. The van der Waals surface area contributed by atoms with Gasteiger partial charge in [-0.1, -0.05) is 0 Å². The number of nitrogens with zero attached hydrogens (tertiary/aromatic N) is 1. The summed E-state index contributed by atoms with van der Waals surface area (Å²) in [7, 11) is 0. The van der Waals surface area contributed by atoms with Crippen molar-refractivity contribution in [1.82, 2.24) is 10.2 Å². The summed E-state index contributed by atoms with van der Waals surface area (Å²) >= 11 is 0. The van der Waals surface area contributed by atoms with Gasteiger partial charge in [-0.15, -0.1) is 0 Å². The maximum Gasteiger partial charge on any atom is 0.329 e. The van der Waals surface area contributed by atoms with Crippen molar-refractivity contribution in [3.05, 3.63) is 0 Å². The minimum absolute atomic E-state index is 0.0198. The number of amides is 3. The van der Waals surface area contributed by atoms with E-state index in [9.17, 15) is 19.5 Å². The van der Waals surface area contributed by atoms with Gasteiger partial charge in [0.2, 0.25) is 5.91 Å². The number of likely N-dealkylation sites (tertiary alicyclic amines) is 1. The second-order valence-corrected chi connectivity index (χ2v) is 6.31. The fraction of sp³-hybridized carbons (Fsp3) is 0.786. The van der Waals surface area contributed by atoms with Crippen LogP contribution in [0.25, 0.3) is 0 Å². The zero-order valence-electron chi connectivity index (χ0n) is 12.3.